The highest BCUT2D eigenvalue weighted by Crippen LogP contribution is 2.35. The van der Waals surface area contributed by atoms with Crippen LogP contribution in [-0.2, 0) is 11.3 Å². The molecule has 0 saturated heterocycles. The van der Waals surface area contributed by atoms with Crippen LogP contribution in [0.2, 0.25) is 5.02 Å². The Kier molecular flexibility index (Phi) is 9.67. The van der Waals surface area contributed by atoms with Gasteiger partial charge < -0.3 is 14.8 Å². The quantitative estimate of drug-likeness (QED) is 0.162. The number of thiophene rings is 1. The van der Waals surface area contributed by atoms with E-state index < -0.39 is 0 Å². The maximum Gasteiger partial charge on any atom is 0.255 e. The number of halogens is 1. The molecule has 5 aromatic rings. The Morgan fingerprint density at radius 2 is 1.83 bits per heavy atom. The zero-order chi connectivity index (χ0) is 32.0. The summed E-state index contributed by atoms with van der Waals surface area (Å²) in [6, 6.07) is 25.6. The number of para-hydroxylation sites is 1. The van der Waals surface area contributed by atoms with Crippen molar-refractivity contribution in [2.45, 2.75) is 24.2 Å². The van der Waals surface area contributed by atoms with E-state index in [4.69, 9.17) is 26.2 Å². The number of amides is 2. The van der Waals surface area contributed by atoms with E-state index in [-0.39, 0.29) is 30.2 Å². The highest BCUT2D eigenvalue weighted by molar-refractivity contribution is 7.99. The van der Waals surface area contributed by atoms with Crippen LogP contribution in [0.4, 0.5) is 0 Å². The maximum atomic E-state index is 13.8. The molecule has 234 valence electrons. The summed E-state index contributed by atoms with van der Waals surface area (Å²) < 4.78 is 12.5. The third kappa shape index (κ3) is 6.79. The summed E-state index contributed by atoms with van der Waals surface area (Å²) in [5.41, 5.74) is 2.93. The van der Waals surface area contributed by atoms with E-state index in [1.807, 2.05) is 53.9 Å². The summed E-state index contributed by atoms with van der Waals surface area (Å²) in [4.78, 5) is 27.9. The van der Waals surface area contributed by atoms with Crippen LogP contribution >= 0.6 is 34.7 Å². The van der Waals surface area contributed by atoms with Gasteiger partial charge in [-0.3, -0.25) is 14.2 Å². The SMILES string of the molecule is COc1ccc([C@@H]2CC(c3cccs3)=NN2C(=O)CSc2nnc(CNC(=O)c3ccccc3OC)n2-c2cccc(Cl)c2)cc1. The molecule has 13 heteroatoms. The lowest BCUT2D eigenvalue weighted by atomic mass is 10.0. The summed E-state index contributed by atoms with van der Waals surface area (Å²) in [7, 11) is 3.14. The van der Waals surface area contributed by atoms with Crippen LogP contribution < -0.4 is 14.8 Å². The standard InChI is InChI=1S/C33H29ClN6O4S2/c1-43-24-14-12-21(13-15-24)27-18-26(29-11-6-16-45-29)38-40(27)31(41)20-46-33-37-36-30(39(33)23-8-5-7-22(34)17-23)19-35-32(42)25-9-3-4-10-28(25)44-2/h3-17,27H,18-20H2,1-2H3,(H,35,42)/t27-/m0/s1. The number of aromatic nitrogens is 3. The van der Waals surface area contributed by atoms with Crippen molar-refractivity contribution < 1.29 is 19.1 Å². The molecular weight excluding hydrogens is 644 g/mol. The van der Waals surface area contributed by atoms with E-state index in [0.717, 1.165) is 21.9 Å². The lowest BCUT2D eigenvalue weighted by Gasteiger charge is -2.22. The normalized spacial score (nSPS) is 14.2. The minimum Gasteiger partial charge on any atom is -0.497 e. The highest BCUT2D eigenvalue weighted by atomic mass is 35.5. The first-order valence-corrected chi connectivity index (χ1v) is 16.5. The molecule has 1 atom stereocenters. The molecule has 10 nitrogen and oxygen atoms in total. The van der Waals surface area contributed by atoms with Crippen molar-refractivity contribution >= 4 is 52.2 Å². The number of thioether (sulfide) groups is 1. The van der Waals surface area contributed by atoms with E-state index >= 15 is 0 Å². The summed E-state index contributed by atoms with van der Waals surface area (Å²) in [6.45, 7) is 0.0744. The summed E-state index contributed by atoms with van der Waals surface area (Å²) >= 11 is 9.18. The number of hydrogen-bond donors (Lipinski definition) is 1. The summed E-state index contributed by atoms with van der Waals surface area (Å²) in [5.74, 6) is 1.23. The minimum absolute atomic E-state index is 0.0557. The smallest absolute Gasteiger partial charge is 0.255 e. The number of carbonyl (C=O) groups excluding carboxylic acids is 2. The van der Waals surface area contributed by atoms with Gasteiger partial charge in [0.25, 0.3) is 11.8 Å². The molecule has 0 saturated carbocycles. The highest BCUT2D eigenvalue weighted by Gasteiger charge is 2.34. The number of nitrogens with one attached hydrogen (secondary N) is 1. The van der Waals surface area contributed by atoms with Gasteiger partial charge in [0, 0.05) is 11.4 Å². The molecule has 0 spiro atoms. The Bertz CT molecular complexity index is 1880. The number of ether oxygens (including phenoxy) is 2. The number of benzene rings is 3. The van der Waals surface area contributed by atoms with Gasteiger partial charge in [0.1, 0.15) is 11.5 Å². The number of hydrogen-bond acceptors (Lipinski definition) is 9. The first-order chi connectivity index (χ1) is 22.4. The molecule has 1 N–H and O–H groups in total. The van der Waals surface area contributed by atoms with Crippen molar-refractivity contribution in [3.05, 3.63) is 117 Å². The molecule has 0 bridgehead atoms. The van der Waals surface area contributed by atoms with Crippen molar-refractivity contribution in [2.24, 2.45) is 5.10 Å². The van der Waals surface area contributed by atoms with Crippen molar-refractivity contribution in [1.29, 1.82) is 0 Å². The largest absolute Gasteiger partial charge is 0.497 e. The lowest BCUT2D eigenvalue weighted by molar-refractivity contribution is -0.130. The number of rotatable bonds is 11. The van der Waals surface area contributed by atoms with Gasteiger partial charge in [-0.25, -0.2) is 5.01 Å². The fourth-order valence-electron chi connectivity index (χ4n) is 5.08. The number of hydrazone groups is 1. The zero-order valence-electron chi connectivity index (χ0n) is 24.9. The second-order valence-corrected chi connectivity index (χ2v) is 12.5. The van der Waals surface area contributed by atoms with Gasteiger partial charge in [-0.1, -0.05) is 59.8 Å². The van der Waals surface area contributed by atoms with Crippen LogP contribution in [-0.4, -0.2) is 57.3 Å². The van der Waals surface area contributed by atoms with E-state index in [9.17, 15) is 9.59 Å². The lowest BCUT2D eigenvalue weighted by Crippen LogP contribution is -2.28. The maximum absolute atomic E-state index is 13.8. The van der Waals surface area contributed by atoms with E-state index in [1.165, 1.54) is 18.9 Å². The van der Waals surface area contributed by atoms with Crippen LogP contribution in [0.1, 0.15) is 39.1 Å². The van der Waals surface area contributed by atoms with Gasteiger partial charge in [0.05, 0.1) is 54.4 Å². The molecule has 3 aromatic carbocycles. The predicted molar refractivity (Wildman–Crippen MR) is 179 cm³/mol. The van der Waals surface area contributed by atoms with Gasteiger partial charge >= 0.3 is 0 Å². The second kappa shape index (κ2) is 14.2. The fraction of sp³-hybridized carbons (Fsp3) is 0.182. The summed E-state index contributed by atoms with van der Waals surface area (Å²) in [6.07, 6.45) is 0.595. The van der Waals surface area contributed by atoms with Crippen molar-refractivity contribution in [2.75, 3.05) is 20.0 Å². The van der Waals surface area contributed by atoms with Crippen LogP contribution in [0, 0.1) is 0 Å². The zero-order valence-corrected chi connectivity index (χ0v) is 27.3. The first-order valence-electron chi connectivity index (χ1n) is 14.3. The molecule has 0 fully saturated rings. The molecule has 3 heterocycles. The van der Waals surface area contributed by atoms with Crippen LogP contribution in [0.15, 0.2) is 101 Å². The third-order valence-corrected chi connectivity index (χ3v) is 9.39. The van der Waals surface area contributed by atoms with Gasteiger partial charge in [-0.15, -0.1) is 21.5 Å². The van der Waals surface area contributed by atoms with Gasteiger partial charge in [0.2, 0.25) is 0 Å². The van der Waals surface area contributed by atoms with E-state index in [2.05, 4.69) is 15.5 Å². The number of nitrogens with zero attached hydrogens (tertiary/aromatic N) is 5. The van der Waals surface area contributed by atoms with E-state index in [0.29, 0.717) is 39.4 Å². The molecule has 0 aliphatic carbocycles. The van der Waals surface area contributed by atoms with Crippen LogP contribution in [0.3, 0.4) is 0 Å². The monoisotopic (exact) mass is 672 g/mol. The second-order valence-electron chi connectivity index (χ2n) is 10.1. The van der Waals surface area contributed by atoms with E-state index in [1.54, 1.807) is 64.4 Å². The Balaban J connectivity index is 1.24. The minimum atomic E-state index is -0.319. The Morgan fingerprint density at radius 1 is 1.00 bits per heavy atom. The third-order valence-electron chi connectivity index (χ3n) is 7.32. The van der Waals surface area contributed by atoms with Gasteiger partial charge in [-0.2, -0.15) is 5.10 Å². The van der Waals surface area contributed by atoms with Crippen LogP contribution in [0.5, 0.6) is 11.5 Å². The molecule has 2 amide bonds. The molecule has 0 unspecified atom stereocenters. The molecule has 1 aliphatic heterocycles. The van der Waals surface area contributed by atoms with Gasteiger partial charge in [-0.05, 0) is 59.5 Å². The molecule has 0 radical (unpaired) electrons. The molecule has 6 rings (SSSR count). The average Bonchev–Trinajstić information content (AvgIpc) is 3.86. The number of methoxy groups -OCH3 is 2. The molecule has 2 aromatic heterocycles. The topological polar surface area (TPSA) is 111 Å². The first kappa shape index (κ1) is 31.3. The number of carbonyl (C=O) groups is 2. The Labute approximate surface area is 279 Å². The van der Waals surface area contributed by atoms with Crippen molar-refractivity contribution in [3.63, 3.8) is 0 Å². The van der Waals surface area contributed by atoms with Crippen molar-refractivity contribution in [3.8, 4) is 17.2 Å². The summed E-state index contributed by atoms with van der Waals surface area (Å²) in [5, 5.41) is 21.0. The predicted octanol–water partition coefficient (Wildman–Crippen LogP) is 6.40. The molecule has 1 aliphatic rings. The van der Waals surface area contributed by atoms with Gasteiger partial charge in [0.15, 0.2) is 11.0 Å². The molecule has 46 heavy (non-hydrogen) atoms. The Hall–Kier alpha value is -4.65. The van der Waals surface area contributed by atoms with Crippen LogP contribution in [0.25, 0.3) is 5.69 Å². The van der Waals surface area contributed by atoms with Crippen molar-refractivity contribution in [1.82, 2.24) is 25.1 Å². The average molecular weight is 673 g/mol. The Morgan fingerprint density at radius 3 is 2.57 bits per heavy atom. The molecular formula is C33H29ClN6O4S2. The fourth-order valence-corrected chi connectivity index (χ4v) is 6.81.